The molecule has 0 saturated carbocycles. The van der Waals surface area contributed by atoms with E-state index in [1.54, 1.807) is 6.20 Å². The lowest BCUT2D eigenvalue weighted by atomic mass is 9.86. The van der Waals surface area contributed by atoms with Crippen molar-refractivity contribution in [3.8, 4) is 22.4 Å². The molecule has 0 atom stereocenters. The Kier molecular flexibility index (Phi) is 4.37. The SMILES string of the molecule is CC(C)(C)c1ccc(-c2cc(-c3ccc(Cl)cc3)nc3c2[nH]c2ncccc23)cc1. The van der Waals surface area contributed by atoms with Crippen LogP contribution in [0.5, 0.6) is 0 Å². The minimum atomic E-state index is 0.117. The molecule has 2 aromatic carbocycles. The highest BCUT2D eigenvalue weighted by Crippen LogP contribution is 2.36. The number of nitrogens with one attached hydrogen (secondary N) is 1. The molecule has 0 saturated heterocycles. The predicted molar refractivity (Wildman–Crippen MR) is 126 cm³/mol. The number of halogens is 1. The number of pyridine rings is 2. The van der Waals surface area contributed by atoms with Gasteiger partial charge in [0.25, 0.3) is 0 Å². The molecule has 0 amide bonds. The molecular formula is C26H22ClN3. The number of nitrogens with zero attached hydrogens (tertiary/aromatic N) is 2. The fourth-order valence-corrected chi connectivity index (χ4v) is 3.95. The Morgan fingerprint density at radius 3 is 2.27 bits per heavy atom. The Balaban J connectivity index is 1.78. The first-order valence-corrected chi connectivity index (χ1v) is 10.4. The minimum absolute atomic E-state index is 0.117. The van der Waals surface area contributed by atoms with Crippen LogP contribution in [0.15, 0.2) is 72.9 Å². The first-order valence-electron chi connectivity index (χ1n) is 10.0. The zero-order valence-electron chi connectivity index (χ0n) is 17.2. The maximum absolute atomic E-state index is 6.10. The van der Waals surface area contributed by atoms with E-state index in [-0.39, 0.29) is 5.41 Å². The van der Waals surface area contributed by atoms with Crippen molar-refractivity contribution in [2.24, 2.45) is 0 Å². The van der Waals surface area contributed by atoms with Gasteiger partial charge in [0.15, 0.2) is 0 Å². The average Bonchev–Trinajstić information content (AvgIpc) is 3.12. The highest BCUT2D eigenvalue weighted by Gasteiger charge is 2.17. The third-order valence-electron chi connectivity index (χ3n) is 5.53. The van der Waals surface area contributed by atoms with Gasteiger partial charge in [0.1, 0.15) is 5.65 Å². The van der Waals surface area contributed by atoms with Gasteiger partial charge >= 0.3 is 0 Å². The first-order chi connectivity index (χ1) is 14.4. The average molecular weight is 412 g/mol. The van der Waals surface area contributed by atoms with E-state index in [9.17, 15) is 0 Å². The maximum Gasteiger partial charge on any atom is 0.139 e. The van der Waals surface area contributed by atoms with Crippen molar-refractivity contribution in [2.45, 2.75) is 26.2 Å². The fraction of sp³-hybridized carbons (Fsp3) is 0.154. The molecule has 3 heterocycles. The van der Waals surface area contributed by atoms with Crippen LogP contribution in [0.2, 0.25) is 5.02 Å². The van der Waals surface area contributed by atoms with Gasteiger partial charge in [0, 0.05) is 27.7 Å². The van der Waals surface area contributed by atoms with Crippen molar-refractivity contribution >= 4 is 33.7 Å². The summed E-state index contributed by atoms with van der Waals surface area (Å²) in [5.74, 6) is 0. The van der Waals surface area contributed by atoms with Crippen molar-refractivity contribution in [3.05, 3.63) is 83.5 Å². The number of rotatable bonds is 2. The van der Waals surface area contributed by atoms with E-state index in [4.69, 9.17) is 16.6 Å². The Labute approximate surface area is 180 Å². The molecular weight excluding hydrogens is 390 g/mol. The van der Waals surface area contributed by atoms with E-state index in [0.29, 0.717) is 5.02 Å². The van der Waals surface area contributed by atoms with E-state index in [2.05, 4.69) is 67.1 Å². The van der Waals surface area contributed by atoms with Gasteiger partial charge in [-0.3, -0.25) is 0 Å². The van der Waals surface area contributed by atoms with Crippen molar-refractivity contribution in [2.75, 3.05) is 0 Å². The van der Waals surface area contributed by atoms with E-state index in [1.807, 2.05) is 30.3 Å². The monoisotopic (exact) mass is 411 g/mol. The molecule has 5 rings (SSSR count). The summed E-state index contributed by atoms with van der Waals surface area (Å²) in [7, 11) is 0. The Bertz CT molecular complexity index is 1360. The quantitative estimate of drug-likeness (QED) is 0.329. The molecule has 4 heteroatoms. The summed E-state index contributed by atoms with van der Waals surface area (Å²) in [5.41, 5.74) is 8.43. The van der Waals surface area contributed by atoms with Gasteiger partial charge in [-0.05, 0) is 46.9 Å². The van der Waals surface area contributed by atoms with Crippen LogP contribution < -0.4 is 0 Å². The van der Waals surface area contributed by atoms with Crippen molar-refractivity contribution in [1.29, 1.82) is 0 Å². The highest BCUT2D eigenvalue weighted by molar-refractivity contribution is 6.30. The van der Waals surface area contributed by atoms with Crippen LogP contribution in [0.3, 0.4) is 0 Å². The summed E-state index contributed by atoms with van der Waals surface area (Å²) < 4.78 is 0. The number of hydrogen-bond acceptors (Lipinski definition) is 2. The second kappa shape index (κ2) is 6.96. The number of benzene rings is 2. The summed E-state index contributed by atoms with van der Waals surface area (Å²) in [6.45, 7) is 6.69. The zero-order chi connectivity index (χ0) is 20.9. The van der Waals surface area contributed by atoms with Crippen LogP contribution in [0, 0.1) is 0 Å². The molecule has 0 aliphatic heterocycles. The fourth-order valence-electron chi connectivity index (χ4n) is 3.83. The van der Waals surface area contributed by atoms with Gasteiger partial charge in [0.2, 0.25) is 0 Å². The Morgan fingerprint density at radius 2 is 1.57 bits per heavy atom. The molecule has 0 spiro atoms. The van der Waals surface area contributed by atoms with Crippen LogP contribution >= 0.6 is 11.6 Å². The lowest BCUT2D eigenvalue weighted by Crippen LogP contribution is -2.10. The molecule has 30 heavy (non-hydrogen) atoms. The predicted octanol–water partition coefficient (Wildman–Crippen LogP) is 7.40. The molecule has 0 unspecified atom stereocenters. The first kappa shape index (κ1) is 18.8. The third kappa shape index (κ3) is 3.25. The number of hydrogen-bond donors (Lipinski definition) is 1. The van der Waals surface area contributed by atoms with Gasteiger partial charge in [-0.2, -0.15) is 0 Å². The van der Waals surface area contributed by atoms with Crippen LogP contribution in [-0.2, 0) is 5.41 Å². The third-order valence-corrected chi connectivity index (χ3v) is 5.78. The normalized spacial score (nSPS) is 12.0. The van der Waals surface area contributed by atoms with E-state index >= 15 is 0 Å². The maximum atomic E-state index is 6.10. The van der Waals surface area contributed by atoms with Crippen LogP contribution in [0.4, 0.5) is 0 Å². The largest absolute Gasteiger partial charge is 0.337 e. The molecule has 0 aliphatic carbocycles. The lowest BCUT2D eigenvalue weighted by Gasteiger charge is -2.19. The molecule has 5 aromatic rings. The summed E-state index contributed by atoms with van der Waals surface area (Å²) in [6, 6.07) is 22.8. The lowest BCUT2D eigenvalue weighted by molar-refractivity contribution is 0.590. The van der Waals surface area contributed by atoms with Gasteiger partial charge < -0.3 is 4.98 Å². The van der Waals surface area contributed by atoms with Gasteiger partial charge in [0.05, 0.1) is 16.7 Å². The molecule has 148 valence electrons. The Morgan fingerprint density at radius 1 is 0.867 bits per heavy atom. The molecule has 0 bridgehead atoms. The van der Waals surface area contributed by atoms with Crippen LogP contribution in [0.25, 0.3) is 44.5 Å². The van der Waals surface area contributed by atoms with E-state index in [0.717, 1.165) is 44.5 Å². The zero-order valence-corrected chi connectivity index (χ0v) is 18.0. The van der Waals surface area contributed by atoms with Crippen molar-refractivity contribution in [3.63, 3.8) is 0 Å². The molecule has 3 aromatic heterocycles. The highest BCUT2D eigenvalue weighted by atomic mass is 35.5. The van der Waals surface area contributed by atoms with E-state index in [1.165, 1.54) is 5.56 Å². The number of aromatic amines is 1. The van der Waals surface area contributed by atoms with Gasteiger partial charge in [-0.15, -0.1) is 0 Å². The smallest absolute Gasteiger partial charge is 0.139 e. The molecule has 3 nitrogen and oxygen atoms in total. The number of aromatic nitrogens is 3. The topological polar surface area (TPSA) is 41.6 Å². The van der Waals surface area contributed by atoms with Gasteiger partial charge in [-0.1, -0.05) is 68.8 Å². The second-order valence-electron chi connectivity index (χ2n) is 8.64. The summed E-state index contributed by atoms with van der Waals surface area (Å²) in [6.07, 6.45) is 1.80. The Hall–Kier alpha value is -3.17. The standard InChI is InChI=1S/C26H22ClN3/c1-26(2,3)18-10-6-16(7-11-18)21-15-22(17-8-12-19(27)13-9-17)29-23-20-5-4-14-28-25(20)30-24(21)23/h4-15H,1-3H3,(H,28,30). The number of H-pyrrole nitrogens is 1. The minimum Gasteiger partial charge on any atom is -0.337 e. The summed E-state index contributed by atoms with van der Waals surface area (Å²) >= 11 is 6.10. The van der Waals surface area contributed by atoms with Crippen molar-refractivity contribution in [1.82, 2.24) is 15.0 Å². The number of fused-ring (bicyclic) bond motifs is 3. The van der Waals surface area contributed by atoms with Crippen LogP contribution in [0.1, 0.15) is 26.3 Å². The second-order valence-corrected chi connectivity index (χ2v) is 9.07. The van der Waals surface area contributed by atoms with Gasteiger partial charge in [-0.25, -0.2) is 9.97 Å². The van der Waals surface area contributed by atoms with Crippen LogP contribution in [-0.4, -0.2) is 15.0 Å². The molecule has 0 aliphatic rings. The summed E-state index contributed by atoms with van der Waals surface area (Å²) in [4.78, 5) is 13.0. The molecule has 0 fully saturated rings. The van der Waals surface area contributed by atoms with Crippen molar-refractivity contribution < 1.29 is 0 Å². The molecule has 0 radical (unpaired) electrons. The molecule has 1 N–H and O–H groups in total. The summed E-state index contributed by atoms with van der Waals surface area (Å²) in [5, 5.41) is 1.74. The van der Waals surface area contributed by atoms with E-state index < -0.39 is 0 Å².